The highest BCUT2D eigenvalue weighted by Gasteiger charge is 2.15. The fraction of sp³-hybridized carbons (Fsp3) is 0.429. The molecule has 0 aliphatic heterocycles. The van der Waals surface area contributed by atoms with Crippen LogP contribution in [-0.2, 0) is 9.59 Å². The van der Waals surface area contributed by atoms with Crippen LogP contribution in [0.2, 0.25) is 5.02 Å². The first-order chi connectivity index (χ1) is 9.43. The Morgan fingerprint density at radius 1 is 1.40 bits per heavy atom. The molecule has 1 rings (SSSR count). The van der Waals surface area contributed by atoms with Gasteiger partial charge in [0.25, 0.3) is 5.91 Å². The highest BCUT2D eigenvalue weighted by atomic mass is 35.5. The van der Waals surface area contributed by atoms with Crippen LogP contribution in [0.4, 0.5) is 0 Å². The average Bonchev–Trinajstić information content (AvgIpc) is 2.37. The summed E-state index contributed by atoms with van der Waals surface area (Å²) >= 11 is 5.83. The normalized spacial score (nSPS) is 11.6. The van der Waals surface area contributed by atoms with Gasteiger partial charge in [0.05, 0.1) is 0 Å². The number of aryl methyl sites for hydroxylation is 1. The third-order valence-corrected chi connectivity index (χ3v) is 2.85. The van der Waals surface area contributed by atoms with Crippen LogP contribution in [0.15, 0.2) is 18.2 Å². The Labute approximate surface area is 123 Å². The lowest BCUT2D eigenvalue weighted by Crippen LogP contribution is -2.46. The first kappa shape index (κ1) is 16.3. The van der Waals surface area contributed by atoms with E-state index in [9.17, 15) is 9.59 Å². The van der Waals surface area contributed by atoms with Gasteiger partial charge >= 0.3 is 0 Å². The van der Waals surface area contributed by atoms with Crippen LogP contribution < -0.4 is 15.4 Å². The van der Waals surface area contributed by atoms with Gasteiger partial charge in [0, 0.05) is 11.6 Å². The lowest BCUT2D eigenvalue weighted by molar-refractivity contribution is -0.129. The van der Waals surface area contributed by atoms with Gasteiger partial charge in [-0.15, -0.1) is 0 Å². The number of hydrogen-bond donors (Lipinski definition) is 2. The number of amides is 2. The highest BCUT2D eigenvalue weighted by molar-refractivity contribution is 6.30. The Balaban J connectivity index is 2.45. The van der Waals surface area contributed by atoms with E-state index in [0.717, 1.165) is 5.56 Å². The van der Waals surface area contributed by atoms with Crippen molar-refractivity contribution in [3.05, 3.63) is 28.8 Å². The predicted molar refractivity (Wildman–Crippen MR) is 78.0 cm³/mol. The van der Waals surface area contributed by atoms with Crippen molar-refractivity contribution in [2.45, 2.75) is 26.8 Å². The van der Waals surface area contributed by atoms with Crippen LogP contribution in [-0.4, -0.2) is 31.0 Å². The molecular weight excluding hydrogens is 280 g/mol. The largest absolute Gasteiger partial charge is 0.484 e. The van der Waals surface area contributed by atoms with E-state index in [1.165, 1.54) is 0 Å². The molecule has 5 nitrogen and oxygen atoms in total. The van der Waals surface area contributed by atoms with Gasteiger partial charge in [-0.3, -0.25) is 9.59 Å². The molecule has 0 spiro atoms. The monoisotopic (exact) mass is 298 g/mol. The molecule has 0 unspecified atom stereocenters. The van der Waals surface area contributed by atoms with Crippen LogP contribution in [0.1, 0.15) is 19.4 Å². The maximum Gasteiger partial charge on any atom is 0.258 e. The number of benzene rings is 1. The number of halogens is 1. The minimum atomic E-state index is -0.586. The fourth-order valence-electron chi connectivity index (χ4n) is 1.59. The smallest absolute Gasteiger partial charge is 0.258 e. The Hall–Kier alpha value is -1.75. The maximum absolute atomic E-state index is 11.7. The molecule has 110 valence electrons. The number of rotatable bonds is 6. The van der Waals surface area contributed by atoms with Crippen molar-refractivity contribution < 1.29 is 14.3 Å². The van der Waals surface area contributed by atoms with Gasteiger partial charge in [0.1, 0.15) is 11.8 Å². The number of ether oxygens (including phenoxy) is 1. The summed E-state index contributed by atoms with van der Waals surface area (Å²) < 4.78 is 5.39. The minimum Gasteiger partial charge on any atom is -0.484 e. The predicted octanol–water partition coefficient (Wildman–Crippen LogP) is 1.67. The molecule has 0 saturated heterocycles. The first-order valence-electron chi connectivity index (χ1n) is 6.40. The summed E-state index contributed by atoms with van der Waals surface area (Å²) in [5.41, 5.74) is 0.849. The summed E-state index contributed by atoms with van der Waals surface area (Å²) in [6.45, 7) is 5.66. The van der Waals surface area contributed by atoms with E-state index >= 15 is 0 Å². The molecule has 1 aromatic carbocycles. The van der Waals surface area contributed by atoms with E-state index in [0.29, 0.717) is 17.3 Å². The molecule has 2 amide bonds. The second kappa shape index (κ2) is 7.75. The Morgan fingerprint density at radius 3 is 2.70 bits per heavy atom. The van der Waals surface area contributed by atoms with E-state index in [-0.39, 0.29) is 18.4 Å². The lowest BCUT2D eigenvalue weighted by atomic mass is 10.2. The van der Waals surface area contributed by atoms with Crippen LogP contribution in [0.25, 0.3) is 0 Å². The molecule has 0 radical (unpaired) electrons. The van der Waals surface area contributed by atoms with E-state index in [2.05, 4.69) is 10.6 Å². The molecule has 0 aromatic heterocycles. The molecule has 0 heterocycles. The molecule has 0 saturated carbocycles. The van der Waals surface area contributed by atoms with Crippen molar-refractivity contribution in [3.63, 3.8) is 0 Å². The maximum atomic E-state index is 11.7. The van der Waals surface area contributed by atoms with E-state index < -0.39 is 6.04 Å². The van der Waals surface area contributed by atoms with Crippen LogP contribution in [0, 0.1) is 6.92 Å². The number of likely N-dealkylation sites (N-methyl/N-ethyl adjacent to an activating group) is 1. The van der Waals surface area contributed by atoms with Gasteiger partial charge in [-0.1, -0.05) is 11.6 Å². The van der Waals surface area contributed by atoms with Crippen molar-refractivity contribution in [3.8, 4) is 5.75 Å². The lowest BCUT2D eigenvalue weighted by Gasteiger charge is -2.14. The summed E-state index contributed by atoms with van der Waals surface area (Å²) in [5.74, 6) is 0.0249. The third kappa shape index (κ3) is 5.09. The molecule has 6 heteroatoms. The molecule has 20 heavy (non-hydrogen) atoms. The average molecular weight is 299 g/mol. The molecule has 1 aromatic rings. The summed E-state index contributed by atoms with van der Waals surface area (Å²) in [7, 11) is 0. The van der Waals surface area contributed by atoms with E-state index in [1.54, 1.807) is 25.1 Å². The van der Waals surface area contributed by atoms with Crippen molar-refractivity contribution in [2.24, 2.45) is 0 Å². The van der Waals surface area contributed by atoms with Crippen LogP contribution >= 0.6 is 11.6 Å². The summed E-state index contributed by atoms with van der Waals surface area (Å²) in [6, 6.07) is 4.57. The summed E-state index contributed by atoms with van der Waals surface area (Å²) in [6.07, 6.45) is 0. The second-order valence-electron chi connectivity index (χ2n) is 4.38. The zero-order valence-corrected chi connectivity index (χ0v) is 12.6. The van der Waals surface area contributed by atoms with Gasteiger partial charge in [-0.2, -0.15) is 0 Å². The van der Waals surface area contributed by atoms with E-state index in [4.69, 9.17) is 16.3 Å². The topological polar surface area (TPSA) is 67.4 Å². The van der Waals surface area contributed by atoms with Gasteiger partial charge in [-0.25, -0.2) is 0 Å². The SMILES string of the molecule is CCNC(=O)[C@@H](C)NC(=O)COc1ccc(Cl)cc1C. The van der Waals surface area contributed by atoms with E-state index in [1.807, 2.05) is 13.8 Å². The molecule has 2 N–H and O–H groups in total. The van der Waals surface area contributed by atoms with Crippen molar-refractivity contribution in [1.29, 1.82) is 0 Å². The molecule has 1 atom stereocenters. The fourth-order valence-corrected chi connectivity index (χ4v) is 1.82. The zero-order chi connectivity index (χ0) is 15.1. The number of carbonyl (C=O) groups is 2. The van der Waals surface area contributed by atoms with Gasteiger partial charge in [-0.05, 0) is 44.5 Å². The van der Waals surface area contributed by atoms with Gasteiger partial charge < -0.3 is 15.4 Å². The zero-order valence-electron chi connectivity index (χ0n) is 11.8. The van der Waals surface area contributed by atoms with Crippen molar-refractivity contribution >= 4 is 23.4 Å². The van der Waals surface area contributed by atoms with Gasteiger partial charge in [0.2, 0.25) is 5.91 Å². The highest BCUT2D eigenvalue weighted by Crippen LogP contribution is 2.21. The Morgan fingerprint density at radius 2 is 2.10 bits per heavy atom. The van der Waals surface area contributed by atoms with Crippen molar-refractivity contribution in [2.75, 3.05) is 13.2 Å². The Kier molecular flexibility index (Phi) is 6.31. The number of nitrogens with one attached hydrogen (secondary N) is 2. The molecule has 0 bridgehead atoms. The first-order valence-corrected chi connectivity index (χ1v) is 6.77. The molecular formula is C14H19ClN2O3. The van der Waals surface area contributed by atoms with Crippen LogP contribution in [0.5, 0.6) is 5.75 Å². The summed E-state index contributed by atoms with van der Waals surface area (Å²) in [5, 5.41) is 5.81. The quantitative estimate of drug-likeness (QED) is 0.839. The van der Waals surface area contributed by atoms with Crippen molar-refractivity contribution in [1.82, 2.24) is 10.6 Å². The minimum absolute atomic E-state index is 0.147. The molecule has 0 fully saturated rings. The van der Waals surface area contributed by atoms with Gasteiger partial charge in [0.15, 0.2) is 6.61 Å². The second-order valence-corrected chi connectivity index (χ2v) is 4.82. The number of hydrogen-bond acceptors (Lipinski definition) is 3. The summed E-state index contributed by atoms with van der Waals surface area (Å²) in [4.78, 5) is 23.1. The molecule has 0 aliphatic carbocycles. The standard InChI is InChI=1S/C14H19ClN2O3/c1-4-16-14(19)10(3)17-13(18)8-20-12-6-5-11(15)7-9(12)2/h5-7,10H,4,8H2,1-3H3,(H,16,19)(H,17,18)/t10-/m1/s1. The number of carbonyl (C=O) groups excluding carboxylic acids is 2. The molecule has 0 aliphatic rings. The van der Waals surface area contributed by atoms with Crippen LogP contribution in [0.3, 0.4) is 0 Å². The Bertz CT molecular complexity index is 491. The third-order valence-electron chi connectivity index (χ3n) is 2.62.